The lowest BCUT2D eigenvalue weighted by Crippen LogP contribution is -2.61. The minimum Gasteiger partial charge on any atom is -0.465 e. The number of carboxylic acid groups (broad SMARTS) is 1. The number of amides is 1. The summed E-state index contributed by atoms with van der Waals surface area (Å²) in [6.07, 6.45) is -3.64. The second-order valence-corrected chi connectivity index (χ2v) is 10.6. The number of thioether (sulfide) groups is 1. The van der Waals surface area contributed by atoms with Gasteiger partial charge in [-0.05, 0) is 75.5 Å². The molecule has 2 aromatic rings. The largest absolute Gasteiger partial charge is 0.465 e. The van der Waals surface area contributed by atoms with Crippen LogP contribution < -0.4 is 5.32 Å². The fourth-order valence-corrected chi connectivity index (χ4v) is 5.01. The molecule has 35 heavy (non-hydrogen) atoms. The minimum absolute atomic E-state index is 0.0767. The lowest BCUT2D eigenvalue weighted by atomic mass is 9.91. The van der Waals surface area contributed by atoms with Crippen molar-refractivity contribution in [1.29, 1.82) is 0 Å². The third kappa shape index (κ3) is 8.15. The first-order valence-electron chi connectivity index (χ1n) is 11.6. The molecule has 9 heteroatoms. The van der Waals surface area contributed by atoms with Crippen molar-refractivity contribution in [1.82, 2.24) is 5.32 Å². The standard InChI is InChI=1S/C26H32F3NO4S/c1-18-6-4-7-19(14-18)8-5-13-35-22-10-9-20(15-21(22)26(27,28)29)11-12-25(30-23(31)32)16-33-24(2,3)34-17-25/h4,6-7,9-10,14-15,30H,5,8,11-13,16-17H2,1-3H3,(H,31,32). The molecule has 0 unspecified atom stereocenters. The molecule has 0 aliphatic carbocycles. The maximum atomic E-state index is 13.8. The van der Waals surface area contributed by atoms with Crippen molar-refractivity contribution in [3.8, 4) is 0 Å². The molecule has 0 aromatic heterocycles. The summed E-state index contributed by atoms with van der Waals surface area (Å²) < 4.78 is 52.8. The van der Waals surface area contributed by atoms with E-state index in [1.165, 1.54) is 35.0 Å². The summed E-state index contributed by atoms with van der Waals surface area (Å²) in [5.74, 6) is -0.266. The number of halogens is 3. The number of benzene rings is 2. The second-order valence-electron chi connectivity index (χ2n) is 9.46. The number of carbonyl (C=O) groups is 1. The number of hydrogen-bond acceptors (Lipinski definition) is 4. The SMILES string of the molecule is Cc1cccc(CCCSc2ccc(CCC3(NC(=O)O)COC(C)(C)OC3)cc2C(F)(F)F)c1. The van der Waals surface area contributed by atoms with Gasteiger partial charge in [0.05, 0.1) is 24.3 Å². The molecule has 1 fully saturated rings. The summed E-state index contributed by atoms with van der Waals surface area (Å²) in [7, 11) is 0. The van der Waals surface area contributed by atoms with Crippen molar-refractivity contribution in [3.05, 3.63) is 64.7 Å². The Morgan fingerprint density at radius 2 is 1.77 bits per heavy atom. The zero-order valence-corrected chi connectivity index (χ0v) is 21.0. The van der Waals surface area contributed by atoms with Crippen LogP contribution in [0.1, 0.15) is 48.9 Å². The fraction of sp³-hybridized carbons (Fsp3) is 0.500. The minimum atomic E-state index is -4.48. The molecule has 1 aliphatic rings. The van der Waals surface area contributed by atoms with Crippen molar-refractivity contribution in [3.63, 3.8) is 0 Å². The highest BCUT2D eigenvalue weighted by Crippen LogP contribution is 2.38. The third-order valence-electron chi connectivity index (χ3n) is 5.96. The van der Waals surface area contributed by atoms with Crippen LogP contribution in [0.2, 0.25) is 0 Å². The van der Waals surface area contributed by atoms with Crippen molar-refractivity contribution < 1.29 is 32.5 Å². The van der Waals surface area contributed by atoms with Crippen LogP contribution in [0.25, 0.3) is 0 Å². The summed E-state index contributed by atoms with van der Waals surface area (Å²) in [6.45, 7) is 5.62. The van der Waals surface area contributed by atoms with Gasteiger partial charge in [-0.15, -0.1) is 11.8 Å². The van der Waals surface area contributed by atoms with E-state index in [1.807, 2.05) is 25.1 Å². The monoisotopic (exact) mass is 511 g/mol. The van der Waals surface area contributed by atoms with Gasteiger partial charge in [-0.2, -0.15) is 13.2 Å². The van der Waals surface area contributed by atoms with Gasteiger partial charge in [-0.1, -0.05) is 35.9 Å². The lowest BCUT2D eigenvalue weighted by Gasteiger charge is -2.43. The van der Waals surface area contributed by atoms with Crippen LogP contribution in [0.4, 0.5) is 18.0 Å². The molecule has 0 radical (unpaired) electrons. The molecule has 0 spiro atoms. The molecule has 0 bridgehead atoms. The Bertz CT molecular complexity index is 1020. The Hall–Kier alpha value is -2.23. The molecule has 0 atom stereocenters. The first kappa shape index (κ1) is 27.4. The highest BCUT2D eigenvalue weighted by atomic mass is 32.2. The zero-order chi connectivity index (χ0) is 25.7. The van der Waals surface area contributed by atoms with Gasteiger partial charge in [0, 0.05) is 4.90 Å². The first-order valence-corrected chi connectivity index (χ1v) is 12.5. The maximum Gasteiger partial charge on any atom is 0.417 e. The summed E-state index contributed by atoms with van der Waals surface area (Å²) in [6, 6.07) is 12.5. The Morgan fingerprint density at radius 1 is 1.09 bits per heavy atom. The van der Waals surface area contributed by atoms with Crippen molar-refractivity contribution in [2.75, 3.05) is 19.0 Å². The van der Waals surface area contributed by atoms with Crippen LogP contribution in [0.15, 0.2) is 47.4 Å². The molecule has 5 nitrogen and oxygen atoms in total. The van der Waals surface area contributed by atoms with Gasteiger partial charge in [0.1, 0.15) is 0 Å². The predicted molar refractivity (Wildman–Crippen MR) is 130 cm³/mol. The van der Waals surface area contributed by atoms with Gasteiger partial charge < -0.3 is 19.9 Å². The maximum absolute atomic E-state index is 13.8. The molecular formula is C26H32F3NO4S. The van der Waals surface area contributed by atoms with E-state index in [0.717, 1.165) is 12.8 Å². The number of ether oxygens (including phenoxy) is 2. The van der Waals surface area contributed by atoms with Crippen molar-refractivity contribution in [2.45, 2.75) is 68.9 Å². The van der Waals surface area contributed by atoms with Gasteiger partial charge in [0.15, 0.2) is 5.79 Å². The van der Waals surface area contributed by atoms with E-state index in [4.69, 9.17) is 9.47 Å². The highest BCUT2D eigenvalue weighted by Gasteiger charge is 2.41. The van der Waals surface area contributed by atoms with Gasteiger partial charge in [-0.25, -0.2) is 4.79 Å². The molecule has 2 aromatic carbocycles. The van der Waals surface area contributed by atoms with Crippen LogP contribution in [0.5, 0.6) is 0 Å². The molecule has 1 amide bonds. The second kappa shape index (κ2) is 11.2. The van der Waals surface area contributed by atoms with Crippen LogP contribution in [-0.2, 0) is 28.5 Å². The van der Waals surface area contributed by atoms with Crippen LogP contribution in [-0.4, -0.2) is 41.5 Å². The van der Waals surface area contributed by atoms with Gasteiger partial charge in [0.2, 0.25) is 0 Å². The molecule has 1 saturated heterocycles. The molecule has 0 saturated carbocycles. The number of hydrogen-bond donors (Lipinski definition) is 2. The van der Waals surface area contributed by atoms with Crippen LogP contribution in [0, 0.1) is 6.92 Å². The Morgan fingerprint density at radius 3 is 2.40 bits per heavy atom. The lowest BCUT2D eigenvalue weighted by molar-refractivity contribution is -0.271. The number of aryl methyl sites for hydroxylation is 3. The number of nitrogens with one attached hydrogen (secondary N) is 1. The van der Waals surface area contributed by atoms with Gasteiger partial charge >= 0.3 is 12.3 Å². The average molecular weight is 512 g/mol. The zero-order valence-electron chi connectivity index (χ0n) is 20.2. The highest BCUT2D eigenvalue weighted by molar-refractivity contribution is 7.99. The molecule has 1 heterocycles. The van der Waals surface area contributed by atoms with E-state index >= 15 is 0 Å². The average Bonchev–Trinajstić information content (AvgIpc) is 2.77. The third-order valence-corrected chi connectivity index (χ3v) is 7.12. The summed E-state index contributed by atoms with van der Waals surface area (Å²) >= 11 is 1.21. The van der Waals surface area contributed by atoms with E-state index in [0.29, 0.717) is 11.3 Å². The molecular weight excluding hydrogens is 479 g/mol. The Labute approximate surface area is 208 Å². The van der Waals surface area contributed by atoms with Crippen molar-refractivity contribution >= 4 is 17.9 Å². The predicted octanol–water partition coefficient (Wildman–Crippen LogP) is 6.46. The molecule has 1 aliphatic heterocycles. The van der Waals surface area contributed by atoms with Gasteiger partial charge in [-0.3, -0.25) is 0 Å². The first-order chi connectivity index (χ1) is 16.4. The van der Waals surface area contributed by atoms with E-state index in [2.05, 4.69) is 11.4 Å². The van der Waals surface area contributed by atoms with E-state index in [-0.39, 0.29) is 31.0 Å². The quantitative estimate of drug-likeness (QED) is 0.299. The van der Waals surface area contributed by atoms with Crippen LogP contribution >= 0.6 is 11.8 Å². The number of alkyl halides is 3. The molecule has 3 rings (SSSR count). The van der Waals surface area contributed by atoms with E-state index < -0.39 is 29.2 Å². The van der Waals surface area contributed by atoms with Gasteiger partial charge in [0.25, 0.3) is 0 Å². The summed E-state index contributed by atoms with van der Waals surface area (Å²) in [5, 5.41) is 11.7. The molecule has 192 valence electrons. The van der Waals surface area contributed by atoms with Crippen molar-refractivity contribution in [2.24, 2.45) is 0 Å². The van der Waals surface area contributed by atoms with Crippen LogP contribution in [0.3, 0.4) is 0 Å². The summed E-state index contributed by atoms with van der Waals surface area (Å²) in [4.78, 5) is 11.5. The Kier molecular flexibility index (Phi) is 8.77. The normalized spacial score (nSPS) is 17.2. The van der Waals surface area contributed by atoms with E-state index in [9.17, 15) is 23.1 Å². The fourth-order valence-electron chi connectivity index (χ4n) is 4.00. The smallest absolute Gasteiger partial charge is 0.417 e. The van der Waals surface area contributed by atoms with E-state index in [1.54, 1.807) is 19.9 Å². The Balaban J connectivity index is 1.65. The topological polar surface area (TPSA) is 67.8 Å². The molecule has 2 N–H and O–H groups in total. The summed E-state index contributed by atoms with van der Waals surface area (Å²) in [5.41, 5.74) is 1.15. The number of rotatable bonds is 9.